The maximum absolute atomic E-state index is 12.0. The molecule has 2 rings (SSSR count). The number of nitrogen functional groups attached to an aromatic ring is 1. The second-order valence-corrected chi connectivity index (χ2v) is 5.09. The van der Waals surface area contributed by atoms with E-state index in [2.05, 4.69) is 0 Å². The van der Waals surface area contributed by atoms with E-state index in [1.165, 1.54) is 19.3 Å². The smallest absolute Gasteiger partial charge is 0.313 e. The van der Waals surface area contributed by atoms with E-state index in [9.17, 15) is 4.79 Å². The summed E-state index contributed by atoms with van der Waals surface area (Å²) in [6.07, 6.45) is 5.77. The molecule has 0 heterocycles. The zero-order valence-corrected chi connectivity index (χ0v) is 10.9. The maximum atomic E-state index is 12.0. The Morgan fingerprint density at radius 1 is 1.22 bits per heavy atom. The molecule has 1 fully saturated rings. The SMILES string of the molecule is CC(C(=O)OC1CCCCC1)c1ccc(N)cc1. The van der Waals surface area contributed by atoms with Crippen LogP contribution < -0.4 is 5.73 Å². The lowest BCUT2D eigenvalue weighted by atomic mass is 9.97. The predicted octanol–water partition coefficient (Wildman–Crippen LogP) is 3.25. The van der Waals surface area contributed by atoms with Crippen LogP contribution in [0.25, 0.3) is 0 Å². The van der Waals surface area contributed by atoms with Crippen molar-refractivity contribution in [2.75, 3.05) is 5.73 Å². The van der Waals surface area contributed by atoms with Crippen molar-refractivity contribution in [1.82, 2.24) is 0 Å². The lowest BCUT2D eigenvalue weighted by molar-refractivity contribution is -0.151. The number of anilines is 1. The molecule has 98 valence electrons. The highest BCUT2D eigenvalue weighted by Gasteiger charge is 2.22. The largest absolute Gasteiger partial charge is 0.462 e. The molecule has 2 N–H and O–H groups in total. The average Bonchev–Trinajstić information content (AvgIpc) is 2.40. The molecule has 1 atom stereocenters. The van der Waals surface area contributed by atoms with Gasteiger partial charge in [0.25, 0.3) is 0 Å². The van der Waals surface area contributed by atoms with Gasteiger partial charge in [-0.15, -0.1) is 0 Å². The number of esters is 1. The fourth-order valence-corrected chi connectivity index (χ4v) is 2.37. The summed E-state index contributed by atoms with van der Waals surface area (Å²) in [6, 6.07) is 7.42. The van der Waals surface area contributed by atoms with Gasteiger partial charge >= 0.3 is 5.97 Å². The molecular formula is C15H21NO2. The van der Waals surface area contributed by atoms with Crippen LogP contribution in [0, 0.1) is 0 Å². The number of carbonyl (C=O) groups is 1. The molecule has 0 bridgehead atoms. The van der Waals surface area contributed by atoms with Crippen LogP contribution in [0.15, 0.2) is 24.3 Å². The summed E-state index contributed by atoms with van der Waals surface area (Å²) < 4.78 is 5.57. The Kier molecular flexibility index (Phi) is 4.24. The Hall–Kier alpha value is -1.51. The number of rotatable bonds is 3. The van der Waals surface area contributed by atoms with Crippen molar-refractivity contribution in [3.05, 3.63) is 29.8 Å². The van der Waals surface area contributed by atoms with E-state index in [1.54, 1.807) is 0 Å². The van der Waals surface area contributed by atoms with Gasteiger partial charge in [0.2, 0.25) is 0 Å². The summed E-state index contributed by atoms with van der Waals surface area (Å²) in [5.41, 5.74) is 7.31. The summed E-state index contributed by atoms with van der Waals surface area (Å²) in [4.78, 5) is 12.0. The molecule has 1 saturated carbocycles. The van der Waals surface area contributed by atoms with Crippen molar-refractivity contribution < 1.29 is 9.53 Å². The third-order valence-electron chi connectivity index (χ3n) is 3.63. The normalized spacial score (nSPS) is 18.3. The molecule has 1 aliphatic rings. The number of ether oxygens (including phenoxy) is 1. The van der Waals surface area contributed by atoms with Crippen LogP contribution in [0.3, 0.4) is 0 Å². The van der Waals surface area contributed by atoms with Crippen molar-refractivity contribution in [2.45, 2.75) is 51.0 Å². The van der Waals surface area contributed by atoms with Crippen LogP contribution in [0.5, 0.6) is 0 Å². The predicted molar refractivity (Wildman–Crippen MR) is 72.2 cm³/mol. The summed E-state index contributed by atoms with van der Waals surface area (Å²) in [7, 11) is 0. The molecule has 0 aromatic heterocycles. The Bertz CT molecular complexity index is 393. The van der Waals surface area contributed by atoms with Crippen LogP contribution in [-0.4, -0.2) is 12.1 Å². The van der Waals surface area contributed by atoms with Crippen molar-refractivity contribution in [3.8, 4) is 0 Å². The first-order chi connectivity index (χ1) is 8.66. The van der Waals surface area contributed by atoms with Crippen molar-refractivity contribution in [2.24, 2.45) is 0 Å². The Balaban J connectivity index is 1.93. The van der Waals surface area contributed by atoms with Gasteiger partial charge in [0.1, 0.15) is 6.10 Å². The van der Waals surface area contributed by atoms with Gasteiger partial charge in [0.05, 0.1) is 5.92 Å². The Labute approximate surface area is 108 Å². The molecule has 0 amide bonds. The molecular weight excluding hydrogens is 226 g/mol. The van der Waals surface area contributed by atoms with E-state index in [-0.39, 0.29) is 18.0 Å². The van der Waals surface area contributed by atoms with E-state index in [4.69, 9.17) is 10.5 Å². The molecule has 1 unspecified atom stereocenters. The summed E-state index contributed by atoms with van der Waals surface area (Å²) in [5.74, 6) is -0.334. The second kappa shape index (κ2) is 5.89. The molecule has 0 spiro atoms. The highest BCUT2D eigenvalue weighted by atomic mass is 16.5. The van der Waals surface area contributed by atoms with Crippen LogP contribution in [0.1, 0.15) is 50.5 Å². The monoisotopic (exact) mass is 247 g/mol. The number of nitrogens with two attached hydrogens (primary N) is 1. The molecule has 1 aromatic rings. The topological polar surface area (TPSA) is 52.3 Å². The first-order valence-electron chi connectivity index (χ1n) is 6.73. The van der Waals surface area contributed by atoms with Crippen LogP contribution in [-0.2, 0) is 9.53 Å². The van der Waals surface area contributed by atoms with Crippen molar-refractivity contribution in [1.29, 1.82) is 0 Å². The molecule has 0 radical (unpaired) electrons. The fourth-order valence-electron chi connectivity index (χ4n) is 2.37. The van der Waals surface area contributed by atoms with Gasteiger partial charge in [0, 0.05) is 5.69 Å². The number of hydrogen-bond donors (Lipinski definition) is 1. The zero-order chi connectivity index (χ0) is 13.0. The fraction of sp³-hybridized carbons (Fsp3) is 0.533. The first kappa shape index (κ1) is 12.9. The number of benzene rings is 1. The lowest BCUT2D eigenvalue weighted by Crippen LogP contribution is -2.23. The minimum absolute atomic E-state index is 0.119. The molecule has 1 aromatic carbocycles. The average molecular weight is 247 g/mol. The van der Waals surface area contributed by atoms with Gasteiger partial charge in [-0.1, -0.05) is 18.6 Å². The highest BCUT2D eigenvalue weighted by molar-refractivity contribution is 5.78. The third kappa shape index (κ3) is 3.25. The Morgan fingerprint density at radius 2 is 1.83 bits per heavy atom. The first-order valence-corrected chi connectivity index (χ1v) is 6.73. The quantitative estimate of drug-likeness (QED) is 0.659. The molecule has 0 aliphatic heterocycles. The standard InChI is InChI=1S/C15H21NO2/c1-11(12-7-9-13(16)10-8-12)15(17)18-14-5-3-2-4-6-14/h7-11,14H,2-6,16H2,1H3. The molecule has 3 heteroatoms. The third-order valence-corrected chi connectivity index (χ3v) is 3.63. The van der Waals surface area contributed by atoms with Crippen LogP contribution in [0.4, 0.5) is 5.69 Å². The number of carbonyl (C=O) groups excluding carboxylic acids is 1. The minimum atomic E-state index is -0.215. The summed E-state index contributed by atoms with van der Waals surface area (Å²) in [5, 5.41) is 0. The lowest BCUT2D eigenvalue weighted by Gasteiger charge is -2.23. The van der Waals surface area contributed by atoms with Crippen LogP contribution in [0.2, 0.25) is 0 Å². The van der Waals surface area contributed by atoms with Gasteiger partial charge in [-0.25, -0.2) is 0 Å². The second-order valence-electron chi connectivity index (χ2n) is 5.09. The van der Waals surface area contributed by atoms with E-state index >= 15 is 0 Å². The molecule has 3 nitrogen and oxygen atoms in total. The van der Waals surface area contributed by atoms with Gasteiger partial charge < -0.3 is 10.5 Å². The maximum Gasteiger partial charge on any atom is 0.313 e. The van der Waals surface area contributed by atoms with E-state index in [0.29, 0.717) is 5.69 Å². The Morgan fingerprint density at radius 3 is 2.44 bits per heavy atom. The zero-order valence-electron chi connectivity index (χ0n) is 10.9. The van der Waals surface area contributed by atoms with Crippen molar-refractivity contribution in [3.63, 3.8) is 0 Å². The summed E-state index contributed by atoms with van der Waals surface area (Å²) >= 11 is 0. The van der Waals surface area contributed by atoms with E-state index in [1.807, 2.05) is 31.2 Å². The minimum Gasteiger partial charge on any atom is -0.462 e. The van der Waals surface area contributed by atoms with Crippen molar-refractivity contribution >= 4 is 11.7 Å². The highest BCUT2D eigenvalue weighted by Crippen LogP contribution is 2.24. The summed E-state index contributed by atoms with van der Waals surface area (Å²) in [6.45, 7) is 1.89. The van der Waals surface area contributed by atoms with Gasteiger partial charge in [-0.05, 0) is 50.3 Å². The molecule has 0 saturated heterocycles. The van der Waals surface area contributed by atoms with Gasteiger partial charge in [0.15, 0.2) is 0 Å². The van der Waals surface area contributed by atoms with Crippen LogP contribution >= 0.6 is 0 Å². The molecule has 18 heavy (non-hydrogen) atoms. The number of hydrogen-bond acceptors (Lipinski definition) is 3. The molecule has 1 aliphatic carbocycles. The van der Waals surface area contributed by atoms with E-state index < -0.39 is 0 Å². The van der Waals surface area contributed by atoms with Gasteiger partial charge in [-0.2, -0.15) is 0 Å². The van der Waals surface area contributed by atoms with E-state index in [0.717, 1.165) is 18.4 Å². The van der Waals surface area contributed by atoms with Gasteiger partial charge in [-0.3, -0.25) is 4.79 Å².